The van der Waals surface area contributed by atoms with Gasteiger partial charge >= 0.3 is 0 Å². The van der Waals surface area contributed by atoms with Gasteiger partial charge in [0.15, 0.2) is 23.1 Å². The molecule has 0 aliphatic rings. The number of aromatic nitrogens is 2. The van der Waals surface area contributed by atoms with Crippen molar-refractivity contribution in [2.45, 2.75) is 25.8 Å². The minimum atomic E-state index is -0.784. The van der Waals surface area contributed by atoms with Crippen LogP contribution in [0, 0.1) is 11.6 Å². The molecule has 2 aromatic rings. The van der Waals surface area contributed by atoms with Gasteiger partial charge in [0, 0.05) is 11.9 Å². The van der Waals surface area contributed by atoms with E-state index in [9.17, 15) is 8.78 Å². The Balaban J connectivity index is 2.27. The molecular weight excluding hydrogens is 274 g/mol. The highest BCUT2D eigenvalue weighted by atomic mass is 35.5. The van der Waals surface area contributed by atoms with Gasteiger partial charge in [0.05, 0.1) is 12.4 Å². The van der Waals surface area contributed by atoms with Crippen molar-refractivity contribution in [1.29, 1.82) is 0 Å². The van der Waals surface area contributed by atoms with Crippen molar-refractivity contribution < 1.29 is 13.5 Å². The molecule has 0 N–H and O–H groups in total. The third-order valence-corrected chi connectivity index (χ3v) is 2.85. The Morgan fingerprint density at radius 3 is 2.42 bits per heavy atom. The second-order valence-corrected chi connectivity index (χ2v) is 4.64. The van der Waals surface area contributed by atoms with Crippen molar-refractivity contribution in [3.8, 4) is 11.5 Å². The highest BCUT2D eigenvalue weighted by molar-refractivity contribution is 6.17. The lowest BCUT2D eigenvalue weighted by Gasteiger charge is -2.07. The van der Waals surface area contributed by atoms with E-state index in [4.69, 9.17) is 16.3 Å². The first-order chi connectivity index (χ1) is 9.01. The zero-order chi connectivity index (χ0) is 14.0. The standard InChI is InChI=1S/C13H13ClF2N2O/c1-8(2)18-7-10(6-17-18)19-13-11(15)3-9(5-14)4-12(13)16/h3-4,6-8H,5H2,1-2H3. The first-order valence-electron chi connectivity index (χ1n) is 5.77. The van der Waals surface area contributed by atoms with Crippen LogP contribution in [0.5, 0.6) is 11.5 Å². The van der Waals surface area contributed by atoms with Gasteiger partial charge in [0.1, 0.15) is 0 Å². The third-order valence-electron chi connectivity index (χ3n) is 2.54. The molecule has 0 bridgehead atoms. The summed E-state index contributed by atoms with van der Waals surface area (Å²) in [4.78, 5) is 0. The van der Waals surface area contributed by atoms with Crippen LogP contribution in [0.3, 0.4) is 0 Å². The van der Waals surface area contributed by atoms with E-state index in [0.717, 1.165) is 12.1 Å². The van der Waals surface area contributed by atoms with Crippen molar-refractivity contribution in [3.05, 3.63) is 41.7 Å². The highest BCUT2D eigenvalue weighted by Gasteiger charge is 2.14. The van der Waals surface area contributed by atoms with Crippen LogP contribution < -0.4 is 4.74 Å². The van der Waals surface area contributed by atoms with Gasteiger partial charge in [-0.3, -0.25) is 4.68 Å². The first kappa shape index (κ1) is 13.8. The molecule has 0 saturated carbocycles. The van der Waals surface area contributed by atoms with Gasteiger partial charge in [-0.25, -0.2) is 8.78 Å². The number of hydrogen-bond acceptors (Lipinski definition) is 2. The van der Waals surface area contributed by atoms with Crippen LogP contribution in [-0.2, 0) is 5.88 Å². The number of benzene rings is 1. The van der Waals surface area contributed by atoms with Crippen LogP contribution in [0.4, 0.5) is 8.78 Å². The molecule has 0 saturated heterocycles. The monoisotopic (exact) mass is 286 g/mol. The molecule has 2 rings (SSSR count). The van der Waals surface area contributed by atoms with E-state index in [1.54, 1.807) is 10.9 Å². The average molecular weight is 287 g/mol. The molecule has 1 aromatic heterocycles. The van der Waals surface area contributed by atoms with Crippen LogP contribution in [0.15, 0.2) is 24.5 Å². The normalized spacial score (nSPS) is 11.1. The van der Waals surface area contributed by atoms with E-state index in [1.165, 1.54) is 6.20 Å². The minimum Gasteiger partial charge on any atom is -0.448 e. The van der Waals surface area contributed by atoms with Gasteiger partial charge in [-0.15, -0.1) is 11.6 Å². The molecule has 0 amide bonds. The largest absolute Gasteiger partial charge is 0.448 e. The van der Waals surface area contributed by atoms with E-state index in [0.29, 0.717) is 5.56 Å². The Morgan fingerprint density at radius 2 is 1.95 bits per heavy atom. The van der Waals surface area contributed by atoms with E-state index in [2.05, 4.69) is 5.10 Å². The second kappa shape index (κ2) is 5.57. The van der Waals surface area contributed by atoms with Gasteiger partial charge < -0.3 is 4.74 Å². The quantitative estimate of drug-likeness (QED) is 0.785. The van der Waals surface area contributed by atoms with Crippen LogP contribution in [0.1, 0.15) is 25.5 Å². The maximum Gasteiger partial charge on any atom is 0.198 e. The molecular formula is C13H13ClF2N2O. The van der Waals surface area contributed by atoms with Crippen LogP contribution >= 0.6 is 11.6 Å². The maximum absolute atomic E-state index is 13.7. The van der Waals surface area contributed by atoms with Gasteiger partial charge in [0.2, 0.25) is 0 Å². The Morgan fingerprint density at radius 1 is 1.32 bits per heavy atom. The molecule has 6 heteroatoms. The molecule has 0 unspecified atom stereocenters. The van der Waals surface area contributed by atoms with Crippen LogP contribution in [-0.4, -0.2) is 9.78 Å². The summed E-state index contributed by atoms with van der Waals surface area (Å²) >= 11 is 5.53. The molecule has 1 aromatic carbocycles. The SMILES string of the molecule is CC(C)n1cc(Oc2c(F)cc(CCl)cc2F)cn1. The van der Waals surface area contributed by atoms with Crippen molar-refractivity contribution in [1.82, 2.24) is 9.78 Å². The van der Waals surface area contributed by atoms with E-state index < -0.39 is 17.4 Å². The summed E-state index contributed by atoms with van der Waals surface area (Å²) in [5.74, 6) is -1.69. The van der Waals surface area contributed by atoms with Crippen LogP contribution in [0.2, 0.25) is 0 Å². The molecule has 0 radical (unpaired) electrons. The Labute approximate surface area is 114 Å². The molecule has 0 atom stereocenters. The van der Waals surface area contributed by atoms with Crippen molar-refractivity contribution in [2.75, 3.05) is 0 Å². The molecule has 0 aliphatic heterocycles. The number of nitrogens with zero attached hydrogens (tertiary/aromatic N) is 2. The fourth-order valence-electron chi connectivity index (χ4n) is 1.56. The summed E-state index contributed by atoms with van der Waals surface area (Å²) in [6.45, 7) is 3.88. The van der Waals surface area contributed by atoms with E-state index >= 15 is 0 Å². The van der Waals surface area contributed by atoms with Gasteiger partial charge in [0.25, 0.3) is 0 Å². The third kappa shape index (κ3) is 3.04. The lowest BCUT2D eigenvalue weighted by Crippen LogP contribution is -1.99. The predicted octanol–water partition coefficient (Wildman–Crippen LogP) is 4.27. The summed E-state index contributed by atoms with van der Waals surface area (Å²) in [6, 6.07) is 2.45. The summed E-state index contributed by atoms with van der Waals surface area (Å²) in [7, 11) is 0. The molecule has 0 aliphatic carbocycles. The Bertz CT molecular complexity index is 561. The van der Waals surface area contributed by atoms with Gasteiger partial charge in [-0.2, -0.15) is 5.10 Å². The second-order valence-electron chi connectivity index (χ2n) is 4.37. The summed E-state index contributed by atoms with van der Waals surface area (Å²) in [6.07, 6.45) is 2.99. The zero-order valence-corrected chi connectivity index (χ0v) is 11.3. The molecule has 19 heavy (non-hydrogen) atoms. The molecule has 0 spiro atoms. The molecule has 3 nitrogen and oxygen atoms in total. The molecule has 102 valence electrons. The smallest absolute Gasteiger partial charge is 0.198 e. The number of halogens is 3. The van der Waals surface area contributed by atoms with Crippen molar-refractivity contribution >= 4 is 11.6 Å². The van der Waals surface area contributed by atoms with Gasteiger partial charge in [-0.1, -0.05) is 0 Å². The summed E-state index contributed by atoms with van der Waals surface area (Å²) < 4.78 is 34.2. The van der Waals surface area contributed by atoms with E-state index in [1.807, 2.05) is 13.8 Å². The average Bonchev–Trinajstić information content (AvgIpc) is 2.82. The number of rotatable bonds is 4. The number of alkyl halides is 1. The fourth-order valence-corrected chi connectivity index (χ4v) is 1.71. The molecule has 1 heterocycles. The number of hydrogen-bond donors (Lipinski definition) is 0. The molecule has 0 fully saturated rings. The fraction of sp³-hybridized carbons (Fsp3) is 0.308. The maximum atomic E-state index is 13.7. The zero-order valence-electron chi connectivity index (χ0n) is 10.5. The predicted molar refractivity (Wildman–Crippen MR) is 68.6 cm³/mol. The number of ether oxygens (including phenoxy) is 1. The highest BCUT2D eigenvalue weighted by Crippen LogP contribution is 2.29. The van der Waals surface area contributed by atoms with Crippen molar-refractivity contribution in [2.24, 2.45) is 0 Å². The lowest BCUT2D eigenvalue weighted by molar-refractivity contribution is 0.405. The van der Waals surface area contributed by atoms with Gasteiger partial charge in [-0.05, 0) is 31.5 Å². The lowest BCUT2D eigenvalue weighted by atomic mass is 10.2. The Hall–Kier alpha value is -1.62. The van der Waals surface area contributed by atoms with Crippen LogP contribution in [0.25, 0.3) is 0 Å². The summed E-state index contributed by atoms with van der Waals surface area (Å²) in [5.41, 5.74) is 0.363. The first-order valence-corrected chi connectivity index (χ1v) is 6.30. The van der Waals surface area contributed by atoms with Crippen molar-refractivity contribution in [3.63, 3.8) is 0 Å². The topological polar surface area (TPSA) is 27.1 Å². The summed E-state index contributed by atoms with van der Waals surface area (Å²) in [5, 5.41) is 4.03. The Kier molecular flexibility index (Phi) is 4.04. The minimum absolute atomic E-state index is 0.0411. The van der Waals surface area contributed by atoms with E-state index in [-0.39, 0.29) is 17.7 Å².